The predicted octanol–water partition coefficient (Wildman–Crippen LogP) is 3.56. The SMILES string of the molecule is CC(Oc1ccccc1Cl)C(=O)NCc1ccccc1F. The van der Waals surface area contributed by atoms with Crippen molar-refractivity contribution in [3.8, 4) is 5.75 Å². The summed E-state index contributed by atoms with van der Waals surface area (Å²) in [5, 5.41) is 3.07. The second-order valence-corrected chi connectivity index (χ2v) is 4.91. The van der Waals surface area contributed by atoms with Gasteiger partial charge in [0.15, 0.2) is 6.10 Å². The molecule has 5 heteroatoms. The highest BCUT2D eigenvalue weighted by molar-refractivity contribution is 6.32. The van der Waals surface area contributed by atoms with Crippen LogP contribution >= 0.6 is 11.6 Å². The van der Waals surface area contributed by atoms with Crippen LogP contribution in [0.5, 0.6) is 5.75 Å². The lowest BCUT2D eigenvalue weighted by Gasteiger charge is -2.15. The van der Waals surface area contributed by atoms with Crippen LogP contribution in [0.3, 0.4) is 0 Å². The Morgan fingerprint density at radius 2 is 1.90 bits per heavy atom. The largest absolute Gasteiger partial charge is 0.479 e. The number of rotatable bonds is 5. The van der Waals surface area contributed by atoms with Crippen LogP contribution in [0.1, 0.15) is 12.5 Å². The Labute approximate surface area is 127 Å². The van der Waals surface area contributed by atoms with Gasteiger partial charge in [-0.25, -0.2) is 4.39 Å². The van der Waals surface area contributed by atoms with Crippen molar-refractivity contribution in [2.75, 3.05) is 0 Å². The average Bonchev–Trinajstić information content (AvgIpc) is 2.48. The van der Waals surface area contributed by atoms with Gasteiger partial charge in [0, 0.05) is 12.1 Å². The minimum absolute atomic E-state index is 0.113. The quantitative estimate of drug-likeness (QED) is 0.917. The second-order valence-electron chi connectivity index (χ2n) is 4.50. The van der Waals surface area contributed by atoms with Crippen LogP contribution in [0, 0.1) is 5.82 Å². The summed E-state index contributed by atoms with van der Waals surface area (Å²) < 4.78 is 18.9. The van der Waals surface area contributed by atoms with Gasteiger partial charge in [0.1, 0.15) is 11.6 Å². The fourth-order valence-corrected chi connectivity index (χ4v) is 1.93. The van der Waals surface area contributed by atoms with Crippen LogP contribution in [-0.2, 0) is 11.3 Å². The van der Waals surface area contributed by atoms with Gasteiger partial charge < -0.3 is 10.1 Å². The Morgan fingerprint density at radius 3 is 2.62 bits per heavy atom. The first kappa shape index (κ1) is 15.3. The molecule has 0 spiro atoms. The lowest BCUT2D eigenvalue weighted by molar-refractivity contribution is -0.127. The Bertz CT molecular complexity index is 633. The Kier molecular flexibility index (Phi) is 5.17. The van der Waals surface area contributed by atoms with Crippen molar-refractivity contribution in [1.82, 2.24) is 5.32 Å². The summed E-state index contributed by atoms with van der Waals surface area (Å²) in [6, 6.07) is 13.2. The molecule has 1 N–H and O–H groups in total. The number of hydrogen-bond acceptors (Lipinski definition) is 2. The van der Waals surface area contributed by atoms with Crippen LogP contribution in [0.4, 0.5) is 4.39 Å². The van der Waals surface area contributed by atoms with Gasteiger partial charge in [-0.1, -0.05) is 41.9 Å². The molecular weight excluding hydrogens is 293 g/mol. The number of nitrogens with one attached hydrogen (secondary N) is 1. The molecule has 1 atom stereocenters. The number of ether oxygens (including phenoxy) is 1. The first-order chi connectivity index (χ1) is 10.1. The molecule has 2 aromatic rings. The van der Waals surface area contributed by atoms with Gasteiger partial charge in [0.05, 0.1) is 5.02 Å². The number of amides is 1. The molecule has 2 aromatic carbocycles. The van der Waals surface area contributed by atoms with E-state index in [2.05, 4.69) is 5.32 Å². The van der Waals surface area contributed by atoms with Crippen molar-refractivity contribution in [2.24, 2.45) is 0 Å². The van der Waals surface area contributed by atoms with Crippen molar-refractivity contribution in [2.45, 2.75) is 19.6 Å². The molecule has 1 amide bonds. The Balaban J connectivity index is 1.91. The highest BCUT2D eigenvalue weighted by Crippen LogP contribution is 2.24. The normalized spacial score (nSPS) is 11.8. The van der Waals surface area contributed by atoms with E-state index in [1.54, 1.807) is 49.4 Å². The van der Waals surface area contributed by atoms with E-state index < -0.39 is 6.10 Å². The van der Waals surface area contributed by atoms with E-state index >= 15 is 0 Å². The smallest absolute Gasteiger partial charge is 0.261 e. The van der Waals surface area contributed by atoms with Gasteiger partial charge in [0.25, 0.3) is 5.91 Å². The molecule has 21 heavy (non-hydrogen) atoms. The average molecular weight is 308 g/mol. The molecule has 0 aromatic heterocycles. The van der Waals surface area contributed by atoms with Crippen LogP contribution in [0.2, 0.25) is 5.02 Å². The number of carbonyl (C=O) groups excluding carboxylic acids is 1. The second kappa shape index (κ2) is 7.09. The molecule has 0 aliphatic heterocycles. The van der Waals surface area contributed by atoms with Gasteiger partial charge >= 0.3 is 0 Å². The topological polar surface area (TPSA) is 38.3 Å². The van der Waals surface area contributed by atoms with Gasteiger partial charge in [0.2, 0.25) is 0 Å². The summed E-state index contributed by atoms with van der Waals surface area (Å²) in [7, 11) is 0. The first-order valence-corrected chi connectivity index (χ1v) is 6.88. The summed E-state index contributed by atoms with van der Waals surface area (Å²) >= 11 is 5.96. The highest BCUT2D eigenvalue weighted by Gasteiger charge is 2.16. The van der Waals surface area contributed by atoms with E-state index in [9.17, 15) is 9.18 Å². The Morgan fingerprint density at radius 1 is 1.24 bits per heavy atom. The number of para-hydroxylation sites is 1. The fraction of sp³-hybridized carbons (Fsp3) is 0.188. The maximum absolute atomic E-state index is 13.4. The molecule has 1 unspecified atom stereocenters. The monoisotopic (exact) mass is 307 g/mol. The molecule has 0 saturated heterocycles. The van der Waals surface area contributed by atoms with Crippen molar-refractivity contribution < 1.29 is 13.9 Å². The maximum atomic E-state index is 13.4. The van der Waals surface area contributed by atoms with Crippen molar-refractivity contribution in [1.29, 1.82) is 0 Å². The van der Waals surface area contributed by atoms with Gasteiger partial charge in [-0.05, 0) is 25.1 Å². The predicted molar refractivity (Wildman–Crippen MR) is 79.8 cm³/mol. The van der Waals surface area contributed by atoms with E-state index in [-0.39, 0.29) is 18.3 Å². The van der Waals surface area contributed by atoms with E-state index in [4.69, 9.17) is 16.3 Å². The Hall–Kier alpha value is -2.07. The number of carbonyl (C=O) groups is 1. The van der Waals surface area contributed by atoms with Crippen molar-refractivity contribution >= 4 is 17.5 Å². The molecule has 0 bridgehead atoms. The number of halogens is 2. The zero-order valence-corrected chi connectivity index (χ0v) is 12.2. The maximum Gasteiger partial charge on any atom is 0.261 e. The standard InChI is InChI=1S/C16H15ClFNO2/c1-11(21-15-9-5-3-7-13(15)17)16(20)19-10-12-6-2-4-8-14(12)18/h2-9,11H,10H2,1H3,(H,19,20). The molecule has 0 aliphatic rings. The first-order valence-electron chi connectivity index (χ1n) is 6.50. The minimum Gasteiger partial charge on any atom is -0.479 e. The third-order valence-corrected chi connectivity index (χ3v) is 3.23. The summed E-state index contributed by atoms with van der Waals surface area (Å²) in [5.74, 6) is -0.247. The van der Waals surface area contributed by atoms with E-state index in [1.165, 1.54) is 6.07 Å². The summed E-state index contributed by atoms with van der Waals surface area (Å²) in [6.45, 7) is 1.72. The van der Waals surface area contributed by atoms with E-state index in [1.807, 2.05) is 0 Å². The highest BCUT2D eigenvalue weighted by atomic mass is 35.5. The molecule has 0 saturated carbocycles. The summed E-state index contributed by atoms with van der Waals surface area (Å²) in [6.07, 6.45) is -0.725. The van der Waals surface area contributed by atoms with Crippen LogP contribution in [-0.4, -0.2) is 12.0 Å². The molecule has 2 rings (SSSR count). The van der Waals surface area contributed by atoms with Crippen LogP contribution in [0.15, 0.2) is 48.5 Å². The molecule has 0 heterocycles. The van der Waals surface area contributed by atoms with Crippen LogP contribution in [0.25, 0.3) is 0 Å². The molecular formula is C16H15ClFNO2. The van der Waals surface area contributed by atoms with Crippen molar-refractivity contribution in [3.05, 3.63) is 64.9 Å². The van der Waals surface area contributed by atoms with Gasteiger partial charge in [-0.3, -0.25) is 4.79 Å². The van der Waals surface area contributed by atoms with Gasteiger partial charge in [-0.2, -0.15) is 0 Å². The lowest BCUT2D eigenvalue weighted by atomic mass is 10.2. The lowest BCUT2D eigenvalue weighted by Crippen LogP contribution is -2.36. The third kappa shape index (κ3) is 4.20. The fourth-order valence-electron chi connectivity index (χ4n) is 1.75. The molecule has 0 fully saturated rings. The zero-order valence-electron chi connectivity index (χ0n) is 11.5. The molecule has 0 aliphatic carbocycles. The van der Waals surface area contributed by atoms with E-state index in [0.717, 1.165) is 0 Å². The molecule has 3 nitrogen and oxygen atoms in total. The zero-order chi connectivity index (χ0) is 15.2. The van der Waals surface area contributed by atoms with Gasteiger partial charge in [-0.15, -0.1) is 0 Å². The summed E-state index contributed by atoms with van der Waals surface area (Å²) in [4.78, 5) is 11.9. The summed E-state index contributed by atoms with van der Waals surface area (Å²) in [5.41, 5.74) is 0.427. The molecule has 110 valence electrons. The third-order valence-electron chi connectivity index (χ3n) is 2.92. The van der Waals surface area contributed by atoms with Crippen LogP contribution < -0.4 is 10.1 Å². The molecule has 0 radical (unpaired) electrons. The number of benzene rings is 2. The van der Waals surface area contributed by atoms with Crippen molar-refractivity contribution in [3.63, 3.8) is 0 Å². The van der Waals surface area contributed by atoms with E-state index in [0.29, 0.717) is 16.3 Å². The minimum atomic E-state index is -0.725. The number of hydrogen-bond donors (Lipinski definition) is 1.